The predicted molar refractivity (Wildman–Crippen MR) is 96.0 cm³/mol. The van der Waals surface area contributed by atoms with Gasteiger partial charge in [0.25, 0.3) is 0 Å². The molecule has 0 unspecified atom stereocenters. The lowest BCUT2D eigenvalue weighted by molar-refractivity contribution is -0.107. The van der Waals surface area contributed by atoms with Gasteiger partial charge in [-0.2, -0.15) is 5.10 Å². The first kappa shape index (κ1) is 16.7. The molecular formula is C19H27N5O. The van der Waals surface area contributed by atoms with Crippen molar-refractivity contribution in [3.05, 3.63) is 47.5 Å². The molecule has 0 aliphatic carbocycles. The van der Waals surface area contributed by atoms with Crippen LogP contribution in [0.15, 0.2) is 30.7 Å². The zero-order chi connectivity index (χ0) is 17.2. The molecule has 2 fully saturated rings. The van der Waals surface area contributed by atoms with E-state index in [1.54, 1.807) is 0 Å². The van der Waals surface area contributed by atoms with Gasteiger partial charge in [0.15, 0.2) is 0 Å². The molecule has 0 spiro atoms. The van der Waals surface area contributed by atoms with Crippen molar-refractivity contribution in [2.24, 2.45) is 7.05 Å². The van der Waals surface area contributed by atoms with Crippen LogP contribution in [-0.4, -0.2) is 63.0 Å². The third-order valence-electron chi connectivity index (χ3n) is 5.40. The number of ether oxygens (including phenoxy) is 1. The molecule has 0 bridgehead atoms. The summed E-state index contributed by atoms with van der Waals surface area (Å²) in [6.45, 7) is 8.01. The zero-order valence-corrected chi connectivity index (χ0v) is 15.1. The van der Waals surface area contributed by atoms with E-state index in [9.17, 15) is 0 Å². The highest BCUT2D eigenvalue weighted by atomic mass is 16.5. The van der Waals surface area contributed by atoms with Gasteiger partial charge in [0.2, 0.25) is 0 Å². The summed E-state index contributed by atoms with van der Waals surface area (Å²) in [6.07, 6.45) is 7.42. The molecule has 134 valence electrons. The Morgan fingerprint density at radius 2 is 2.20 bits per heavy atom. The summed E-state index contributed by atoms with van der Waals surface area (Å²) in [5, 5.41) is 4.48. The number of nitrogens with zero attached hydrogens (tertiary/aromatic N) is 5. The Bertz CT molecular complexity index is 701. The highest BCUT2D eigenvalue weighted by molar-refractivity contribution is 5.15. The van der Waals surface area contributed by atoms with E-state index in [1.165, 1.54) is 11.1 Å². The monoisotopic (exact) mass is 341 g/mol. The molecule has 2 atom stereocenters. The minimum absolute atomic E-state index is 0.358. The lowest BCUT2D eigenvalue weighted by atomic mass is 9.97. The fourth-order valence-electron chi connectivity index (χ4n) is 4.12. The van der Waals surface area contributed by atoms with E-state index in [0.29, 0.717) is 12.1 Å². The van der Waals surface area contributed by atoms with Crippen molar-refractivity contribution in [2.75, 3.05) is 26.2 Å². The van der Waals surface area contributed by atoms with E-state index in [-0.39, 0.29) is 0 Å². The molecule has 25 heavy (non-hydrogen) atoms. The van der Waals surface area contributed by atoms with Gasteiger partial charge in [-0.1, -0.05) is 6.07 Å². The number of morpholine rings is 1. The van der Waals surface area contributed by atoms with E-state index in [2.05, 4.69) is 39.1 Å². The summed E-state index contributed by atoms with van der Waals surface area (Å²) in [5.41, 5.74) is 3.75. The zero-order valence-electron chi connectivity index (χ0n) is 15.1. The maximum absolute atomic E-state index is 6.08. The van der Waals surface area contributed by atoms with Crippen LogP contribution in [0, 0.1) is 6.92 Å². The molecule has 2 aromatic rings. The molecule has 6 heteroatoms. The van der Waals surface area contributed by atoms with Gasteiger partial charge >= 0.3 is 0 Å². The summed E-state index contributed by atoms with van der Waals surface area (Å²) in [4.78, 5) is 9.39. The highest BCUT2D eigenvalue weighted by Crippen LogP contribution is 2.25. The molecule has 2 aliphatic rings. The van der Waals surface area contributed by atoms with Gasteiger partial charge in [0.1, 0.15) is 0 Å². The largest absolute Gasteiger partial charge is 0.375 e. The molecule has 0 N–H and O–H groups in total. The molecular weight excluding hydrogens is 314 g/mol. The summed E-state index contributed by atoms with van der Waals surface area (Å²) in [6, 6.07) is 4.64. The molecule has 6 nitrogen and oxygen atoms in total. The molecule has 4 rings (SSSR count). The first-order valence-electron chi connectivity index (χ1n) is 9.15. The number of piperidine rings is 1. The molecule has 4 heterocycles. The minimum atomic E-state index is 0.358. The van der Waals surface area contributed by atoms with Gasteiger partial charge in [-0.3, -0.25) is 19.5 Å². The quantitative estimate of drug-likeness (QED) is 0.845. The first-order chi connectivity index (χ1) is 12.2. The molecule has 2 aromatic heterocycles. The van der Waals surface area contributed by atoms with Crippen LogP contribution in [0.1, 0.15) is 23.2 Å². The molecule has 2 aliphatic heterocycles. The lowest BCUT2D eigenvalue weighted by Gasteiger charge is -2.47. The second-order valence-electron chi connectivity index (χ2n) is 7.25. The van der Waals surface area contributed by atoms with Crippen molar-refractivity contribution in [1.29, 1.82) is 0 Å². The van der Waals surface area contributed by atoms with E-state index in [4.69, 9.17) is 4.74 Å². The van der Waals surface area contributed by atoms with Gasteiger partial charge in [0, 0.05) is 70.0 Å². The summed E-state index contributed by atoms with van der Waals surface area (Å²) in [5.74, 6) is 0. The number of hydrogen-bond donors (Lipinski definition) is 0. The van der Waals surface area contributed by atoms with Gasteiger partial charge in [-0.15, -0.1) is 0 Å². The fourth-order valence-corrected chi connectivity index (χ4v) is 4.12. The Balaban J connectivity index is 1.44. The molecule has 2 saturated heterocycles. The third-order valence-corrected chi connectivity index (χ3v) is 5.40. The molecule has 0 aromatic carbocycles. The molecule has 0 saturated carbocycles. The van der Waals surface area contributed by atoms with Crippen LogP contribution >= 0.6 is 0 Å². The molecule has 0 amide bonds. The smallest absolute Gasteiger partial charge is 0.0755 e. The lowest BCUT2D eigenvalue weighted by Crippen LogP contribution is -2.59. The van der Waals surface area contributed by atoms with Crippen LogP contribution in [0.2, 0.25) is 0 Å². The van der Waals surface area contributed by atoms with Crippen molar-refractivity contribution in [2.45, 2.75) is 38.6 Å². The van der Waals surface area contributed by atoms with Gasteiger partial charge in [-0.05, 0) is 25.0 Å². The summed E-state index contributed by atoms with van der Waals surface area (Å²) >= 11 is 0. The standard InChI is InChI=1S/C19H27N5O/c1-15-17(12-22(2)21-15)13-23-7-5-19-18(14-23)24(8-9-25-19)11-16-4-3-6-20-10-16/h3-4,6,10,12,18-19H,5,7-9,11,13-14H2,1-2H3/t18-,19-/m0/s1. The average Bonchev–Trinajstić information content (AvgIpc) is 2.93. The van der Waals surface area contributed by atoms with Gasteiger partial charge in [0.05, 0.1) is 18.4 Å². The summed E-state index contributed by atoms with van der Waals surface area (Å²) < 4.78 is 7.99. The predicted octanol–water partition coefficient (Wildman–Crippen LogP) is 1.60. The third kappa shape index (κ3) is 3.76. The fraction of sp³-hybridized carbons (Fsp3) is 0.579. The number of hydrogen-bond acceptors (Lipinski definition) is 5. The maximum atomic E-state index is 6.08. The van der Waals surface area contributed by atoms with Gasteiger partial charge in [-0.25, -0.2) is 0 Å². The van der Waals surface area contributed by atoms with E-state index < -0.39 is 0 Å². The summed E-state index contributed by atoms with van der Waals surface area (Å²) in [7, 11) is 1.99. The second kappa shape index (κ2) is 7.23. The van der Waals surface area contributed by atoms with Crippen molar-refractivity contribution in [1.82, 2.24) is 24.6 Å². The van der Waals surface area contributed by atoms with Crippen molar-refractivity contribution in [3.8, 4) is 0 Å². The number of fused-ring (bicyclic) bond motifs is 1. The Kier molecular flexibility index (Phi) is 4.83. The SMILES string of the molecule is Cc1nn(C)cc1CN1CC[C@@H]2OCCN(Cc3cccnc3)[C@H]2C1. The molecule has 0 radical (unpaired) electrons. The van der Waals surface area contributed by atoms with Crippen LogP contribution < -0.4 is 0 Å². The van der Waals surface area contributed by atoms with E-state index in [1.807, 2.05) is 30.2 Å². The van der Waals surface area contributed by atoms with Crippen LogP contribution in [0.5, 0.6) is 0 Å². The van der Waals surface area contributed by atoms with Crippen LogP contribution in [0.3, 0.4) is 0 Å². The van der Waals surface area contributed by atoms with Crippen molar-refractivity contribution < 1.29 is 4.74 Å². The Morgan fingerprint density at radius 3 is 2.96 bits per heavy atom. The topological polar surface area (TPSA) is 46.4 Å². The van der Waals surface area contributed by atoms with Crippen LogP contribution in [-0.2, 0) is 24.9 Å². The average molecular weight is 341 g/mol. The Hall–Kier alpha value is -1.76. The van der Waals surface area contributed by atoms with Crippen molar-refractivity contribution in [3.63, 3.8) is 0 Å². The Labute approximate surface area is 149 Å². The van der Waals surface area contributed by atoms with Gasteiger partial charge < -0.3 is 4.74 Å². The van der Waals surface area contributed by atoms with E-state index in [0.717, 1.165) is 51.4 Å². The normalized spacial score (nSPS) is 25.0. The number of rotatable bonds is 4. The highest BCUT2D eigenvalue weighted by Gasteiger charge is 2.37. The van der Waals surface area contributed by atoms with Crippen molar-refractivity contribution >= 4 is 0 Å². The van der Waals surface area contributed by atoms with Crippen LogP contribution in [0.4, 0.5) is 0 Å². The minimum Gasteiger partial charge on any atom is -0.375 e. The number of pyridine rings is 1. The van der Waals surface area contributed by atoms with Crippen LogP contribution in [0.25, 0.3) is 0 Å². The maximum Gasteiger partial charge on any atom is 0.0755 e. The van der Waals surface area contributed by atoms with E-state index >= 15 is 0 Å². The number of likely N-dealkylation sites (tertiary alicyclic amines) is 1. The first-order valence-corrected chi connectivity index (χ1v) is 9.15. The Morgan fingerprint density at radius 1 is 1.28 bits per heavy atom. The second-order valence-corrected chi connectivity index (χ2v) is 7.25. The number of aryl methyl sites for hydroxylation is 2. The number of aromatic nitrogens is 3.